The van der Waals surface area contributed by atoms with Gasteiger partial charge in [0.05, 0.1) is 30.2 Å². The molecule has 13 heteroatoms. The van der Waals surface area contributed by atoms with E-state index in [0.717, 1.165) is 16.8 Å². The number of carbonyl (C=O) groups excluding carboxylic acids is 2. The van der Waals surface area contributed by atoms with Crippen LogP contribution in [0.5, 0.6) is 0 Å². The Morgan fingerprint density at radius 1 is 1.14 bits per heavy atom. The van der Waals surface area contributed by atoms with Gasteiger partial charge in [-0.2, -0.15) is 17.9 Å². The summed E-state index contributed by atoms with van der Waals surface area (Å²) in [6, 6.07) is 12.0. The number of amides is 1. The second kappa shape index (κ2) is 11.2. The molecule has 1 saturated heterocycles. The molecule has 0 bridgehead atoms. The molecule has 0 aliphatic carbocycles. The van der Waals surface area contributed by atoms with Crippen LogP contribution in [0.25, 0.3) is 11.8 Å². The molecule has 0 unspecified atom stereocenters. The highest BCUT2D eigenvalue weighted by molar-refractivity contribution is 6.15. The average Bonchev–Trinajstić information content (AvgIpc) is 3.31. The Labute approximate surface area is 209 Å². The molecule has 1 fully saturated rings. The predicted molar refractivity (Wildman–Crippen MR) is 127 cm³/mol. The van der Waals surface area contributed by atoms with Crippen LogP contribution in [0.15, 0.2) is 48.5 Å². The SMILES string of the molecule is Cc1nnnn1/C(=C\c1ccccc1)C(=O)OCC(=O)Nc1cc(C(F)(F)F)ccc1N1CCOCC1. The molecule has 0 saturated carbocycles. The summed E-state index contributed by atoms with van der Waals surface area (Å²) in [5, 5.41) is 13.5. The van der Waals surface area contributed by atoms with Gasteiger partial charge in [-0.05, 0) is 47.2 Å². The van der Waals surface area contributed by atoms with Gasteiger partial charge in [0.2, 0.25) is 0 Å². The fourth-order valence-corrected chi connectivity index (χ4v) is 3.65. The molecule has 1 N–H and O–H groups in total. The summed E-state index contributed by atoms with van der Waals surface area (Å²) in [6.07, 6.45) is -3.11. The Kier molecular flexibility index (Phi) is 7.82. The molecular weight excluding hydrogens is 493 g/mol. The van der Waals surface area contributed by atoms with E-state index in [9.17, 15) is 22.8 Å². The van der Waals surface area contributed by atoms with Crippen LogP contribution in [0.2, 0.25) is 0 Å². The lowest BCUT2D eigenvalue weighted by Gasteiger charge is -2.31. The molecule has 0 spiro atoms. The van der Waals surface area contributed by atoms with Gasteiger partial charge in [-0.15, -0.1) is 5.10 Å². The molecule has 194 valence electrons. The van der Waals surface area contributed by atoms with Crippen molar-refractivity contribution in [2.45, 2.75) is 13.1 Å². The summed E-state index contributed by atoms with van der Waals surface area (Å²) in [4.78, 5) is 27.4. The van der Waals surface area contributed by atoms with Crippen LogP contribution < -0.4 is 10.2 Å². The number of halogens is 3. The van der Waals surface area contributed by atoms with Gasteiger partial charge >= 0.3 is 12.1 Å². The largest absolute Gasteiger partial charge is 0.451 e. The van der Waals surface area contributed by atoms with Crippen LogP contribution >= 0.6 is 0 Å². The fraction of sp³-hybridized carbons (Fsp3) is 0.292. The number of carbonyl (C=O) groups is 2. The minimum absolute atomic E-state index is 0.0467. The van der Waals surface area contributed by atoms with Crippen molar-refractivity contribution >= 4 is 35.0 Å². The zero-order valence-electron chi connectivity index (χ0n) is 19.7. The molecule has 2 aromatic carbocycles. The molecular formula is C24H23F3N6O4. The third kappa shape index (κ3) is 6.50. The summed E-state index contributed by atoms with van der Waals surface area (Å²) in [7, 11) is 0. The molecule has 1 aliphatic rings. The van der Waals surface area contributed by atoms with Gasteiger partial charge in [0, 0.05) is 13.1 Å². The average molecular weight is 516 g/mol. The maximum absolute atomic E-state index is 13.3. The summed E-state index contributed by atoms with van der Waals surface area (Å²) >= 11 is 0. The lowest BCUT2D eigenvalue weighted by molar-refractivity contribution is -0.141. The Morgan fingerprint density at radius 2 is 1.86 bits per heavy atom. The Hall–Kier alpha value is -4.26. The molecule has 1 amide bonds. The van der Waals surface area contributed by atoms with E-state index >= 15 is 0 Å². The molecule has 1 aromatic heterocycles. The van der Waals surface area contributed by atoms with Crippen molar-refractivity contribution < 1.29 is 32.2 Å². The predicted octanol–water partition coefficient (Wildman–Crippen LogP) is 3.02. The first-order chi connectivity index (χ1) is 17.7. The lowest BCUT2D eigenvalue weighted by atomic mass is 10.1. The molecule has 0 radical (unpaired) electrons. The second-order valence-corrected chi connectivity index (χ2v) is 8.03. The van der Waals surface area contributed by atoms with Crippen molar-refractivity contribution in [1.29, 1.82) is 0 Å². The van der Waals surface area contributed by atoms with Gasteiger partial charge in [-0.25, -0.2) is 4.79 Å². The van der Waals surface area contributed by atoms with Crippen LogP contribution in [0.4, 0.5) is 24.5 Å². The molecule has 37 heavy (non-hydrogen) atoms. The van der Waals surface area contributed by atoms with Crippen molar-refractivity contribution in [2.24, 2.45) is 0 Å². The zero-order chi connectivity index (χ0) is 26.4. The second-order valence-electron chi connectivity index (χ2n) is 8.03. The molecule has 0 atom stereocenters. The number of benzene rings is 2. The Morgan fingerprint density at radius 3 is 2.51 bits per heavy atom. The Bertz CT molecular complexity index is 1290. The maximum Gasteiger partial charge on any atom is 0.416 e. The van der Waals surface area contributed by atoms with Crippen LogP contribution in [0, 0.1) is 6.92 Å². The minimum Gasteiger partial charge on any atom is -0.451 e. The van der Waals surface area contributed by atoms with Gasteiger partial charge in [-0.1, -0.05) is 30.3 Å². The Balaban J connectivity index is 1.51. The maximum atomic E-state index is 13.3. The quantitative estimate of drug-likeness (QED) is 0.377. The highest BCUT2D eigenvalue weighted by Gasteiger charge is 2.32. The van der Waals surface area contributed by atoms with E-state index in [1.807, 2.05) is 4.90 Å². The number of nitrogens with one attached hydrogen (secondary N) is 1. The fourth-order valence-electron chi connectivity index (χ4n) is 3.65. The summed E-state index contributed by atoms with van der Waals surface area (Å²) < 4.78 is 51.6. The number of aryl methyl sites for hydroxylation is 1. The van der Waals surface area contributed by atoms with Gasteiger partial charge in [0.15, 0.2) is 18.1 Å². The van der Waals surface area contributed by atoms with E-state index in [1.54, 1.807) is 37.3 Å². The van der Waals surface area contributed by atoms with Crippen molar-refractivity contribution in [3.63, 3.8) is 0 Å². The number of rotatable bonds is 7. The van der Waals surface area contributed by atoms with Crippen molar-refractivity contribution in [3.05, 3.63) is 65.5 Å². The molecule has 1 aliphatic heterocycles. The number of esters is 1. The van der Waals surface area contributed by atoms with E-state index in [0.29, 0.717) is 43.4 Å². The number of alkyl halides is 3. The summed E-state index contributed by atoms with van der Waals surface area (Å²) in [5.41, 5.74) is 0.0561. The molecule has 4 rings (SSSR count). The normalized spacial score (nSPS) is 14.4. The van der Waals surface area contributed by atoms with Crippen LogP contribution in [0.1, 0.15) is 17.0 Å². The van der Waals surface area contributed by atoms with E-state index in [-0.39, 0.29) is 11.4 Å². The standard InChI is InChI=1S/C24H23F3N6O4/c1-16-29-30-31-33(16)21(13-17-5-3-2-4-6-17)23(35)37-15-22(34)28-19-14-18(24(25,26)27)7-8-20(19)32-9-11-36-12-10-32/h2-8,13-14H,9-12,15H2,1H3,(H,28,34)/b21-13-. The smallest absolute Gasteiger partial charge is 0.416 e. The highest BCUT2D eigenvalue weighted by atomic mass is 19.4. The third-order valence-electron chi connectivity index (χ3n) is 5.45. The third-order valence-corrected chi connectivity index (χ3v) is 5.45. The summed E-state index contributed by atoms with van der Waals surface area (Å²) in [5.74, 6) is -1.40. The van der Waals surface area contributed by atoms with Crippen molar-refractivity contribution in [2.75, 3.05) is 43.1 Å². The number of morpholine rings is 1. The molecule has 2 heterocycles. The first-order valence-corrected chi connectivity index (χ1v) is 11.3. The number of tetrazole rings is 1. The van der Waals surface area contributed by atoms with E-state index < -0.39 is 30.2 Å². The first-order valence-electron chi connectivity index (χ1n) is 11.3. The van der Waals surface area contributed by atoms with Crippen molar-refractivity contribution in [3.8, 4) is 0 Å². The van der Waals surface area contributed by atoms with Gasteiger partial charge in [0.25, 0.3) is 5.91 Å². The van der Waals surface area contributed by atoms with Gasteiger partial charge in [-0.3, -0.25) is 4.79 Å². The number of aromatic nitrogens is 4. The number of ether oxygens (including phenoxy) is 2. The number of hydrogen-bond acceptors (Lipinski definition) is 8. The highest BCUT2D eigenvalue weighted by Crippen LogP contribution is 2.35. The number of nitrogens with zero attached hydrogens (tertiary/aromatic N) is 5. The van der Waals surface area contributed by atoms with Gasteiger partial charge in [0.1, 0.15) is 0 Å². The minimum atomic E-state index is -4.60. The summed E-state index contributed by atoms with van der Waals surface area (Å²) in [6.45, 7) is 2.53. The van der Waals surface area contributed by atoms with Crippen LogP contribution in [0.3, 0.4) is 0 Å². The van der Waals surface area contributed by atoms with Crippen LogP contribution in [-0.2, 0) is 25.2 Å². The first kappa shape index (κ1) is 25.8. The lowest BCUT2D eigenvalue weighted by Crippen LogP contribution is -2.37. The van der Waals surface area contributed by atoms with E-state index in [1.165, 1.54) is 12.1 Å². The molecule has 10 nitrogen and oxygen atoms in total. The van der Waals surface area contributed by atoms with E-state index in [4.69, 9.17) is 9.47 Å². The zero-order valence-corrected chi connectivity index (χ0v) is 19.7. The topological polar surface area (TPSA) is 111 Å². The van der Waals surface area contributed by atoms with Crippen molar-refractivity contribution in [1.82, 2.24) is 20.2 Å². The number of anilines is 2. The van der Waals surface area contributed by atoms with Crippen LogP contribution in [-0.4, -0.2) is 65.0 Å². The molecule has 3 aromatic rings. The van der Waals surface area contributed by atoms with E-state index in [2.05, 4.69) is 20.8 Å². The number of hydrogen-bond donors (Lipinski definition) is 1. The van der Waals surface area contributed by atoms with Gasteiger partial charge < -0.3 is 19.7 Å². The monoisotopic (exact) mass is 516 g/mol.